The molecule has 1 aliphatic carbocycles. The van der Waals surface area contributed by atoms with Crippen LogP contribution in [0, 0.1) is 5.92 Å². The van der Waals surface area contributed by atoms with E-state index in [1.54, 1.807) is 6.92 Å². The van der Waals surface area contributed by atoms with Gasteiger partial charge in [-0.05, 0) is 32.1 Å². The molecule has 0 aromatic carbocycles. The van der Waals surface area contributed by atoms with Gasteiger partial charge in [0.25, 0.3) is 0 Å². The van der Waals surface area contributed by atoms with Gasteiger partial charge in [0.1, 0.15) is 0 Å². The van der Waals surface area contributed by atoms with Crippen molar-refractivity contribution in [3.63, 3.8) is 0 Å². The molecular formula is C8H14BrFO. The Morgan fingerprint density at radius 2 is 2.36 bits per heavy atom. The number of halogens is 2. The predicted molar refractivity (Wildman–Crippen MR) is 46.7 cm³/mol. The summed E-state index contributed by atoms with van der Waals surface area (Å²) in [7, 11) is 0. The summed E-state index contributed by atoms with van der Waals surface area (Å²) >= 11 is 3.37. The summed E-state index contributed by atoms with van der Waals surface area (Å²) in [6, 6.07) is 0. The number of rotatable bonds is 1. The van der Waals surface area contributed by atoms with Gasteiger partial charge >= 0.3 is 0 Å². The number of hydrogen-bond acceptors (Lipinski definition) is 1. The molecule has 3 atom stereocenters. The molecule has 1 rings (SSSR count). The average Bonchev–Trinajstić information content (AvgIpc) is 1.95. The zero-order valence-corrected chi connectivity index (χ0v) is 8.27. The fourth-order valence-corrected chi connectivity index (χ4v) is 2.22. The van der Waals surface area contributed by atoms with Crippen molar-refractivity contribution in [1.29, 1.82) is 0 Å². The lowest BCUT2D eigenvalue weighted by molar-refractivity contribution is 0.0138. The summed E-state index contributed by atoms with van der Waals surface area (Å²) in [5.41, 5.74) is -0.633. The van der Waals surface area contributed by atoms with Crippen LogP contribution in [0.1, 0.15) is 26.2 Å². The molecule has 0 heterocycles. The minimum absolute atomic E-state index is 0.0597. The van der Waals surface area contributed by atoms with Crippen molar-refractivity contribution in [2.45, 2.75) is 36.6 Å². The molecule has 0 aromatic rings. The summed E-state index contributed by atoms with van der Waals surface area (Å²) < 4.78 is 12.2. The quantitative estimate of drug-likeness (QED) is 0.678. The van der Waals surface area contributed by atoms with Crippen molar-refractivity contribution < 1.29 is 9.50 Å². The summed E-state index contributed by atoms with van der Waals surface area (Å²) in [6.45, 7) is 1.55. The highest BCUT2D eigenvalue weighted by molar-refractivity contribution is 9.09. The molecule has 0 amide bonds. The zero-order chi connectivity index (χ0) is 8.48. The molecule has 1 aliphatic rings. The van der Waals surface area contributed by atoms with Crippen LogP contribution in [0.25, 0.3) is 0 Å². The van der Waals surface area contributed by atoms with E-state index in [2.05, 4.69) is 15.9 Å². The molecule has 0 bridgehead atoms. The summed E-state index contributed by atoms with van der Waals surface area (Å²) in [5.74, 6) is 0.152. The van der Waals surface area contributed by atoms with Crippen molar-refractivity contribution >= 4 is 15.9 Å². The summed E-state index contributed by atoms with van der Waals surface area (Å²) in [4.78, 5) is 0.0597. The first-order valence-electron chi connectivity index (χ1n) is 3.98. The maximum absolute atomic E-state index is 12.2. The first-order valence-corrected chi connectivity index (χ1v) is 4.90. The van der Waals surface area contributed by atoms with E-state index >= 15 is 0 Å². The standard InChI is InChI=1S/C8H14BrFO/c1-8(11)3-2-6(5-10)4-7(8)9/h6-7,11H,2-5H2,1H3. The third-order valence-corrected chi connectivity index (χ3v) is 3.85. The number of aliphatic hydroxyl groups is 1. The Hall–Kier alpha value is 0.370. The van der Waals surface area contributed by atoms with Crippen molar-refractivity contribution in [3.8, 4) is 0 Å². The molecule has 3 unspecified atom stereocenters. The number of hydrogen-bond donors (Lipinski definition) is 1. The van der Waals surface area contributed by atoms with Gasteiger partial charge in [-0.25, -0.2) is 0 Å². The van der Waals surface area contributed by atoms with E-state index in [4.69, 9.17) is 0 Å². The lowest BCUT2D eigenvalue weighted by atomic mass is 9.80. The second-order valence-corrected chi connectivity index (χ2v) is 4.72. The minimum atomic E-state index is -0.633. The summed E-state index contributed by atoms with van der Waals surface area (Å²) in [6.07, 6.45) is 2.27. The lowest BCUT2D eigenvalue weighted by Gasteiger charge is -2.36. The molecule has 66 valence electrons. The Morgan fingerprint density at radius 3 is 2.82 bits per heavy atom. The van der Waals surface area contributed by atoms with Crippen LogP contribution in [-0.4, -0.2) is 22.2 Å². The van der Waals surface area contributed by atoms with Crippen LogP contribution in [0.5, 0.6) is 0 Å². The topological polar surface area (TPSA) is 20.2 Å². The smallest absolute Gasteiger partial charge is 0.0923 e. The minimum Gasteiger partial charge on any atom is -0.389 e. The van der Waals surface area contributed by atoms with Gasteiger partial charge in [0.05, 0.1) is 12.3 Å². The van der Waals surface area contributed by atoms with Crippen LogP contribution in [0.4, 0.5) is 4.39 Å². The van der Waals surface area contributed by atoms with E-state index in [-0.39, 0.29) is 17.4 Å². The van der Waals surface area contributed by atoms with Crippen molar-refractivity contribution in [1.82, 2.24) is 0 Å². The second-order valence-electron chi connectivity index (χ2n) is 3.62. The highest BCUT2D eigenvalue weighted by Gasteiger charge is 2.36. The van der Waals surface area contributed by atoms with Crippen LogP contribution in [-0.2, 0) is 0 Å². The molecule has 0 spiro atoms. The molecule has 1 fully saturated rings. The van der Waals surface area contributed by atoms with E-state index < -0.39 is 5.60 Å². The predicted octanol–water partition coefficient (Wildman–Crippen LogP) is 2.27. The second kappa shape index (κ2) is 3.40. The maximum Gasteiger partial charge on any atom is 0.0923 e. The van der Waals surface area contributed by atoms with E-state index in [1.807, 2.05) is 0 Å². The maximum atomic E-state index is 12.2. The molecule has 0 aromatic heterocycles. The van der Waals surface area contributed by atoms with E-state index in [0.717, 1.165) is 12.8 Å². The Bertz CT molecular complexity index is 138. The van der Waals surface area contributed by atoms with E-state index in [1.165, 1.54) is 0 Å². The van der Waals surface area contributed by atoms with Gasteiger partial charge in [0.15, 0.2) is 0 Å². The SMILES string of the molecule is CC1(O)CCC(CF)CC1Br. The molecule has 0 aliphatic heterocycles. The third kappa shape index (κ3) is 2.15. The first kappa shape index (κ1) is 9.46. The molecule has 1 nitrogen and oxygen atoms in total. The van der Waals surface area contributed by atoms with Gasteiger partial charge in [0, 0.05) is 4.83 Å². The molecule has 3 heteroatoms. The van der Waals surface area contributed by atoms with Gasteiger partial charge < -0.3 is 5.11 Å². The first-order chi connectivity index (χ1) is 5.06. The van der Waals surface area contributed by atoms with Crippen LogP contribution in [0.15, 0.2) is 0 Å². The van der Waals surface area contributed by atoms with Gasteiger partial charge in [-0.15, -0.1) is 0 Å². The molecule has 0 radical (unpaired) electrons. The van der Waals surface area contributed by atoms with Crippen molar-refractivity contribution in [3.05, 3.63) is 0 Å². The fraction of sp³-hybridized carbons (Fsp3) is 1.00. The Kier molecular flexibility index (Phi) is 2.92. The molecule has 1 saturated carbocycles. The third-order valence-electron chi connectivity index (χ3n) is 2.49. The normalized spacial score (nSPS) is 45.8. The fourth-order valence-electron chi connectivity index (χ4n) is 1.46. The van der Waals surface area contributed by atoms with Gasteiger partial charge in [-0.3, -0.25) is 4.39 Å². The van der Waals surface area contributed by atoms with Gasteiger partial charge in [0.2, 0.25) is 0 Å². The average molecular weight is 225 g/mol. The molecule has 11 heavy (non-hydrogen) atoms. The summed E-state index contributed by atoms with van der Waals surface area (Å²) in [5, 5.41) is 9.69. The van der Waals surface area contributed by atoms with E-state index in [9.17, 15) is 9.50 Å². The Labute approximate surface area is 75.1 Å². The zero-order valence-electron chi connectivity index (χ0n) is 6.69. The lowest BCUT2D eigenvalue weighted by Crippen LogP contribution is -2.41. The van der Waals surface area contributed by atoms with Gasteiger partial charge in [-0.1, -0.05) is 15.9 Å². The van der Waals surface area contributed by atoms with Crippen LogP contribution in [0.2, 0.25) is 0 Å². The molecule has 0 saturated heterocycles. The van der Waals surface area contributed by atoms with Crippen molar-refractivity contribution in [2.75, 3.05) is 6.67 Å². The van der Waals surface area contributed by atoms with Crippen LogP contribution >= 0.6 is 15.9 Å². The van der Waals surface area contributed by atoms with E-state index in [0.29, 0.717) is 6.42 Å². The highest BCUT2D eigenvalue weighted by Crippen LogP contribution is 2.36. The Morgan fingerprint density at radius 1 is 1.73 bits per heavy atom. The van der Waals surface area contributed by atoms with Crippen LogP contribution < -0.4 is 0 Å². The number of alkyl halides is 2. The molecule has 1 N–H and O–H groups in total. The van der Waals surface area contributed by atoms with Gasteiger partial charge in [-0.2, -0.15) is 0 Å². The van der Waals surface area contributed by atoms with Crippen molar-refractivity contribution in [2.24, 2.45) is 5.92 Å². The Balaban J connectivity index is 2.48. The van der Waals surface area contributed by atoms with Crippen LogP contribution in [0.3, 0.4) is 0 Å². The molecular weight excluding hydrogens is 211 g/mol. The highest BCUT2D eigenvalue weighted by atomic mass is 79.9. The monoisotopic (exact) mass is 224 g/mol. The largest absolute Gasteiger partial charge is 0.389 e.